The molecule has 0 fully saturated rings. The first-order valence-corrected chi connectivity index (χ1v) is 7.53. The van der Waals surface area contributed by atoms with Crippen molar-refractivity contribution in [2.45, 2.75) is 12.2 Å². The fraction of sp³-hybridized carbons (Fsp3) is 0.188. The molecule has 2 nitrogen and oxygen atoms in total. The summed E-state index contributed by atoms with van der Waals surface area (Å²) >= 11 is 1.59. The Labute approximate surface area is 117 Å². The highest BCUT2D eigenvalue weighted by Crippen LogP contribution is 2.45. The van der Waals surface area contributed by atoms with Crippen molar-refractivity contribution in [2.75, 3.05) is 11.6 Å². The molecule has 0 aromatic heterocycles. The van der Waals surface area contributed by atoms with E-state index < -0.39 is 0 Å². The molecule has 1 N–H and O–H groups in total. The van der Waals surface area contributed by atoms with E-state index in [1.807, 2.05) is 31.4 Å². The minimum absolute atomic E-state index is 0.0916. The van der Waals surface area contributed by atoms with Crippen LogP contribution in [0.2, 0.25) is 0 Å². The van der Waals surface area contributed by atoms with Gasteiger partial charge in [-0.1, -0.05) is 42.5 Å². The summed E-state index contributed by atoms with van der Waals surface area (Å²) in [5.41, 5.74) is 5.56. The molecule has 2 aromatic carbocycles. The SMILES string of the molecule is CSC1C(=O)Nc2c(C)ccc(-c3ccccc3)c21. The molecule has 2 aromatic rings. The number of amides is 1. The van der Waals surface area contributed by atoms with Crippen LogP contribution in [0.3, 0.4) is 0 Å². The number of rotatable bonds is 2. The highest BCUT2D eigenvalue weighted by atomic mass is 32.2. The Balaban J connectivity index is 2.24. The van der Waals surface area contributed by atoms with E-state index in [4.69, 9.17) is 0 Å². The predicted molar refractivity (Wildman–Crippen MR) is 81.5 cm³/mol. The van der Waals surface area contributed by atoms with Crippen LogP contribution in [0.15, 0.2) is 42.5 Å². The molecule has 3 heteroatoms. The van der Waals surface area contributed by atoms with E-state index in [-0.39, 0.29) is 11.2 Å². The smallest absolute Gasteiger partial charge is 0.242 e. The molecule has 0 saturated carbocycles. The second-order valence-electron chi connectivity index (χ2n) is 4.69. The third kappa shape index (κ3) is 1.94. The van der Waals surface area contributed by atoms with E-state index in [2.05, 4.69) is 29.6 Å². The minimum Gasteiger partial charge on any atom is -0.324 e. The van der Waals surface area contributed by atoms with Crippen molar-refractivity contribution in [1.82, 2.24) is 0 Å². The van der Waals surface area contributed by atoms with Crippen molar-refractivity contribution in [1.29, 1.82) is 0 Å². The fourth-order valence-electron chi connectivity index (χ4n) is 2.58. The van der Waals surface area contributed by atoms with Gasteiger partial charge in [-0.3, -0.25) is 4.79 Å². The highest BCUT2D eigenvalue weighted by Gasteiger charge is 2.33. The number of aryl methyl sites for hydroxylation is 1. The Kier molecular flexibility index (Phi) is 3.07. The van der Waals surface area contributed by atoms with Crippen LogP contribution in [0, 0.1) is 6.92 Å². The number of hydrogen-bond acceptors (Lipinski definition) is 2. The maximum atomic E-state index is 12.1. The lowest BCUT2D eigenvalue weighted by molar-refractivity contribution is -0.115. The van der Waals surface area contributed by atoms with Gasteiger partial charge in [-0.15, -0.1) is 11.8 Å². The average Bonchev–Trinajstić information content (AvgIpc) is 2.77. The lowest BCUT2D eigenvalue weighted by Gasteiger charge is -2.13. The van der Waals surface area contributed by atoms with Crippen molar-refractivity contribution in [3.8, 4) is 11.1 Å². The second kappa shape index (κ2) is 4.74. The molecule has 0 spiro atoms. The molecule has 1 unspecified atom stereocenters. The molecule has 1 heterocycles. The van der Waals surface area contributed by atoms with Gasteiger partial charge in [0.1, 0.15) is 5.25 Å². The van der Waals surface area contributed by atoms with E-state index in [1.165, 1.54) is 0 Å². The van der Waals surface area contributed by atoms with Crippen LogP contribution in [0.1, 0.15) is 16.4 Å². The summed E-state index contributed by atoms with van der Waals surface area (Å²) in [6.45, 7) is 2.04. The van der Waals surface area contributed by atoms with E-state index >= 15 is 0 Å². The van der Waals surface area contributed by atoms with Gasteiger partial charge in [-0.2, -0.15) is 0 Å². The van der Waals surface area contributed by atoms with Gasteiger partial charge < -0.3 is 5.32 Å². The monoisotopic (exact) mass is 269 g/mol. The summed E-state index contributed by atoms with van der Waals surface area (Å²) < 4.78 is 0. The molecule has 1 aliphatic heterocycles. The molecule has 3 rings (SSSR count). The van der Waals surface area contributed by atoms with Crippen molar-refractivity contribution >= 4 is 23.4 Å². The first-order chi connectivity index (χ1) is 9.22. The molecule has 1 amide bonds. The fourth-order valence-corrected chi connectivity index (χ4v) is 3.33. The molecule has 96 valence electrons. The number of fused-ring (bicyclic) bond motifs is 1. The predicted octanol–water partition coefficient (Wildman–Crippen LogP) is 4.02. The zero-order chi connectivity index (χ0) is 13.4. The van der Waals surface area contributed by atoms with Crippen LogP contribution in [-0.4, -0.2) is 12.2 Å². The average molecular weight is 269 g/mol. The maximum absolute atomic E-state index is 12.1. The van der Waals surface area contributed by atoms with E-state index in [9.17, 15) is 4.79 Å². The summed E-state index contributed by atoms with van der Waals surface area (Å²) in [6, 6.07) is 14.4. The second-order valence-corrected chi connectivity index (χ2v) is 5.63. The largest absolute Gasteiger partial charge is 0.324 e. The first-order valence-electron chi connectivity index (χ1n) is 6.25. The summed E-state index contributed by atoms with van der Waals surface area (Å²) in [7, 11) is 0. The molecule has 0 aliphatic carbocycles. The summed E-state index contributed by atoms with van der Waals surface area (Å²) in [5.74, 6) is 0.0916. The number of carbonyl (C=O) groups is 1. The van der Waals surface area contributed by atoms with Crippen LogP contribution < -0.4 is 5.32 Å². The maximum Gasteiger partial charge on any atom is 0.242 e. The number of hydrogen-bond donors (Lipinski definition) is 1. The lowest BCUT2D eigenvalue weighted by Crippen LogP contribution is -2.08. The number of nitrogens with one attached hydrogen (secondary N) is 1. The van der Waals surface area contributed by atoms with Gasteiger partial charge >= 0.3 is 0 Å². The van der Waals surface area contributed by atoms with Gasteiger partial charge in [0.15, 0.2) is 0 Å². The van der Waals surface area contributed by atoms with Crippen LogP contribution in [0.4, 0.5) is 5.69 Å². The molecule has 0 bridgehead atoms. The van der Waals surface area contributed by atoms with Crippen LogP contribution in [-0.2, 0) is 4.79 Å². The van der Waals surface area contributed by atoms with Crippen molar-refractivity contribution in [3.05, 3.63) is 53.6 Å². The molecular formula is C16H15NOS. The van der Waals surface area contributed by atoms with E-state index in [0.29, 0.717) is 0 Å². The Bertz CT molecular complexity index is 637. The summed E-state index contributed by atoms with van der Waals surface area (Å²) in [5, 5.41) is 2.91. The van der Waals surface area contributed by atoms with Crippen molar-refractivity contribution < 1.29 is 4.79 Å². The number of anilines is 1. The van der Waals surface area contributed by atoms with Crippen LogP contribution >= 0.6 is 11.8 Å². The van der Waals surface area contributed by atoms with E-state index in [1.54, 1.807) is 11.8 Å². The van der Waals surface area contributed by atoms with Gasteiger partial charge in [-0.05, 0) is 29.9 Å². The normalized spacial score (nSPS) is 17.2. The molecule has 0 radical (unpaired) electrons. The topological polar surface area (TPSA) is 29.1 Å². The first kappa shape index (κ1) is 12.3. The molecular weight excluding hydrogens is 254 g/mol. The van der Waals surface area contributed by atoms with Crippen LogP contribution in [0.25, 0.3) is 11.1 Å². The van der Waals surface area contributed by atoms with Gasteiger partial charge in [0.25, 0.3) is 0 Å². The van der Waals surface area contributed by atoms with Crippen molar-refractivity contribution in [3.63, 3.8) is 0 Å². The summed E-state index contributed by atoms with van der Waals surface area (Å²) in [4.78, 5) is 12.1. The third-order valence-corrected chi connectivity index (χ3v) is 4.44. The summed E-state index contributed by atoms with van der Waals surface area (Å²) in [6.07, 6.45) is 1.98. The number of thioether (sulfide) groups is 1. The minimum atomic E-state index is -0.106. The van der Waals surface area contributed by atoms with Crippen LogP contribution in [0.5, 0.6) is 0 Å². The van der Waals surface area contributed by atoms with Crippen molar-refractivity contribution in [2.24, 2.45) is 0 Å². The molecule has 0 saturated heterocycles. The molecule has 19 heavy (non-hydrogen) atoms. The third-order valence-electron chi connectivity index (χ3n) is 3.52. The van der Waals surface area contributed by atoms with Gasteiger partial charge in [0, 0.05) is 11.3 Å². The molecule has 1 atom stereocenters. The standard InChI is InChI=1S/C16H15NOS/c1-10-8-9-12(11-6-4-3-5-7-11)13-14(10)17-16(18)15(13)19-2/h3-9,15H,1-2H3,(H,17,18). The number of carbonyl (C=O) groups excluding carboxylic acids is 1. The Morgan fingerprint density at radius 1 is 1.11 bits per heavy atom. The quantitative estimate of drug-likeness (QED) is 0.892. The number of benzene rings is 2. The lowest BCUT2D eigenvalue weighted by atomic mass is 9.95. The van der Waals surface area contributed by atoms with Gasteiger partial charge in [-0.25, -0.2) is 0 Å². The highest BCUT2D eigenvalue weighted by molar-refractivity contribution is 7.99. The van der Waals surface area contributed by atoms with E-state index in [0.717, 1.165) is 27.9 Å². The Morgan fingerprint density at radius 3 is 2.53 bits per heavy atom. The Hall–Kier alpha value is -1.74. The van der Waals surface area contributed by atoms with Gasteiger partial charge in [0.05, 0.1) is 0 Å². The van der Waals surface area contributed by atoms with Gasteiger partial charge in [0.2, 0.25) is 5.91 Å². The zero-order valence-corrected chi connectivity index (χ0v) is 11.8. The molecule has 1 aliphatic rings. The zero-order valence-electron chi connectivity index (χ0n) is 10.9. The Morgan fingerprint density at radius 2 is 1.84 bits per heavy atom.